The Morgan fingerprint density at radius 3 is 2.43 bits per heavy atom. The molecule has 1 fully saturated rings. The molecule has 0 amide bonds. The molecule has 1 aliphatic rings. The van der Waals surface area contributed by atoms with Gasteiger partial charge in [-0.2, -0.15) is 0 Å². The van der Waals surface area contributed by atoms with Crippen LogP contribution in [0.1, 0.15) is 72.2 Å². The lowest BCUT2D eigenvalue weighted by atomic mass is 10.0. The van der Waals surface area contributed by atoms with Crippen molar-refractivity contribution in [3.05, 3.63) is 59.0 Å². The van der Waals surface area contributed by atoms with E-state index in [1.165, 1.54) is 0 Å². The molecule has 0 N–H and O–H groups in total. The van der Waals surface area contributed by atoms with E-state index in [4.69, 9.17) is 9.41 Å². The van der Waals surface area contributed by atoms with Crippen LogP contribution in [0.2, 0.25) is 18.1 Å². The van der Waals surface area contributed by atoms with Crippen LogP contribution < -0.4 is 5.69 Å². The van der Waals surface area contributed by atoms with Gasteiger partial charge in [0, 0.05) is 18.8 Å². The second-order valence-electron chi connectivity index (χ2n) is 12.7. The molecule has 8 heteroatoms. The normalized spacial score (nSPS) is 15.2. The number of aryl methyl sites for hydroxylation is 1. The molecule has 3 aromatic heterocycles. The first-order chi connectivity index (χ1) is 17.4. The minimum atomic E-state index is -1.86. The predicted octanol–water partition coefficient (Wildman–Crippen LogP) is 6.51. The van der Waals surface area contributed by atoms with Crippen molar-refractivity contribution in [2.45, 2.75) is 103 Å². The van der Waals surface area contributed by atoms with Gasteiger partial charge < -0.3 is 8.99 Å². The Morgan fingerprint density at radius 2 is 1.73 bits per heavy atom. The highest BCUT2D eigenvalue weighted by atomic mass is 28.4. The number of hydrogen-bond acceptors (Lipinski definition) is 4. The quantitative estimate of drug-likeness (QED) is 0.236. The number of imidazole rings is 2. The first kappa shape index (κ1) is 25.9. The lowest BCUT2D eigenvalue weighted by Gasteiger charge is -2.43. The zero-order valence-corrected chi connectivity index (χ0v) is 24.4. The van der Waals surface area contributed by atoms with Gasteiger partial charge in [-0.25, -0.2) is 9.78 Å². The molecule has 1 aromatic carbocycles. The lowest BCUT2D eigenvalue weighted by molar-refractivity contribution is 0.0788. The maximum Gasteiger partial charge on any atom is 0.329 e. The topological polar surface area (TPSA) is 66.9 Å². The molecule has 4 aromatic rings. The van der Waals surface area contributed by atoms with Crippen molar-refractivity contribution in [1.29, 1.82) is 0 Å². The van der Waals surface area contributed by atoms with Gasteiger partial charge in [-0.05, 0) is 75.9 Å². The van der Waals surface area contributed by atoms with E-state index in [2.05, 4.69) is 75.5 Å². The van der Waals surface area contributed by atoms with Gasteiger partial charge in [-0.1, -0.05) is 32.9 Å². The number of rotatable bonds is 9. The van der Waals surface area contributed by atoms with Gasteiger partial charge >= 0.3 is 5.69 Å². The van der Waals surface area contributed by atoms with E-state index in [1.807, 2.05) is 27.5 Å². The second kappa shape index (κ2) is 9.24. The van der Waals surface area contributed by atoms with Gasteiger partial charge in [-0.15, -0.1) is 0 Å². The van der Waals surface area contributed by atoms with Gasteiger partial charge in [0.15, 0.2) is 8.32 Å². The molecule has 0 unspecified atom stereocenters. The fourth-order valence-corrected chi connectivity index (χ4v) is 6.95. The first-order valence-corrected chi connectivity index (χ1v) is 16.5. The van der Waals surface area contributed by atoms with E-state index >= 15 is 0 Å². The Morgan fingerprint density at radius 1 is 1.00 bits per heavy atom. The molecule has 198 valence electrons. The summed E-state index contributed by atoms with van der Waals surface area (Å²) in [6, 6.07) is 10.5. The molecule has 0 bridgehead atoms. The van der Waals surface area contributed by atoms with E-state index in [0.29, 0.717) is 12.6 Å². The van der Waals surface area contributed by atoms with Crippen LogP contribution in [0.5, 0.6) is 0 Å². The molecule has 0 spiro atoms. The van der Waals surface area contributed by atoms with Crippen molar-refractivity contribution in [3.63, 3.8) is 0 Å². The average Bonchev–Trinajstić information content (AvgIpc) is 3.53. The minimum Gasteiger partial charge on any atom is -0.412 e. The Kier molecular flexibility index (Phi) is 6.47. The molecule has 1 aliphatic carbocycles. The summed E-state index contributed by atoms with van der Waals surface area (Å²) in [5.41, 5.74) is 3.76. The third-order valence-corrected chi connectivity index (χ3v) is 12.9. The number of aromatic nitrogens is 5. The molecular weight excluding hydrogens is 478 g/mol. The smallest absolute Gasteiger partial charge is 0.329 e. The molecule has 1 saturated carbocycles. The fourth-order valence-electron chi connectivity index (χ4n) is 5.16. The van der Waals surface area contributed by atoms with E-state index < -0.39 is 8.32 Å². The summed E-state index contributed by atoms with van der Waals surface area (Å²) < 4.78 is 12.9. The molecule has 0 radical (unpaired) electrons. The van der Waals surface area contributed by atoms with Crippen LogP contribution in [0.15, 0.2) is 47.5 Å². The molecule has 0 atom stereocenters. The van der Waals surface area contributed by atoms with Crippen molar-refractivity contribution in [3.8, 4) is 0 Å². The molecule has 0 aliphatic heterocycles. The largest absolute Gasteiger partial charge is 0.412 e. The van der Waals surface area contributed by atoms with Gasteiger partial charge in [-0.3, -0.25) is 14.1 Å². The Hall–Kier alpha value is -2.71. The highest BCUT2D eigenvalue weighted by molar-refractivity contribution is 6.74. The van der Waals surface area contributed by atoms with E-state index in [0.717, 1.165) is 60.1 Å². The second-order valence-corrected chi connectivity index (χ2v) is 17.5. The van der Waals surface area contributed by atoms with Crippen LogP contribution in [0.3, 0.4) is 0 Å². The van der Waals surface area contributed by atoms with Crippen molar-refractivity contribution < 1.29 is 4.43 Å². The third kappa shape index (κ3) is 5.05. The van der Waals surface area contributed by atoms with E-state index in [1.54, 1.807) is 6.20 Å². The Labute approximate surface area is 220 Å². The van der Waals surface area contributed by atoms with Crippen LogP contribution in [-0.2, 0) is 17.5 Å². The molecule has 0 saturated heterocycles. The summed E-state index contributed by atoms with van der Waals surface area (Å²) in [4.78, 5) is 22.8. The summed E-state index contributed by atoms with van der Waals surface area (Å²) in [5.74, 6) is 0.908. The van der Waals surface area contributed by atoms with Crippen molar-refractivity contribution >= 4 is 30.4 Å². The standard InChI is InChI=1S/C29H41N5O2Si/c1-28(2,3)37(6,7)36-29(4,5)16-10-18-32-23-12-9-8-11-22(23)31-26(32)20-33-25-19-30-17-15-24(25)34(27(33)35)21-13-14-21/h8-9,11-12,15,17,19,21H,10,13-14,16,18,20H2,1-7H3. The summed E-state index contributed by atoms with van der Waals surface area (Å²) in [7, 11) is -1.86. The number of fused-ring (bicyclic) bond motifs is 2. The van der Waals surface area contributed by atoms with Crippen molar-refractivity contribution in [2.75, 3.05) is 0 Å². The molecule has 5 rings (SSSR count). The van der Waals surface area contributed by atoms with Gasteiger partial charge in [0.25, 0.3) is 0 Å². The predicted molar refractivity (Wildman–Crippen MR) is 153 cm³/mol. The molecule has 7 nitrogen and oxygen atoms in total. The highest BCUT2D eigenvalue weighted by Gasteiger charge is 2.41. The summed E-state index contributed by atoms with van der Waals surface area (Å²) >= 11 is 0. The van der Waals surface area contributed by atoms with Crippen LogP contribution in [-0.4, -0.2) is 37.6 Å². The maximum absolute atomic E-state index is 13.5. The maximum atomic E-state index is 13.5. The van der Waals surface area contributed by atoms with Crippen molar-refractivity contribution in [2.24, 2.45) is 0 Å². The highest BCUT2D eigenvalue weighted by Crippen LogP contribution is 2.40. The van der Waals surface area contributed by atoms with Gasteiger partial charge in [0.1, 0.15) is 5.82 Å². The van der Waals surface area contributed by atoms with Crippen LogP contribution in [0, 0.1) is 0 Å². The van der Waals surface area contributed by atoms with Crippen LogP contribution in [0.4, 0.5) is 0 Å². The molecule has 3 heterocycles. The number of nitrogens with zero attached hydrogens (tertiary/aromatic N) is 5. The third-order valence-electron chi connectivity index (χ3n) is 8.21. The van der Waals surface area contributed by atoms with Gasteiger partial charge in [0.2, 0.25) is 0 Å². The Balaban J connectivity index is 1.42. The summed E-state index contributed by atoms with van der Waals surface area (Å²) in [6.07, 6.45) is 7.63. The number of pyridine rings is 1. The SMILES string of the molecule is CC(C)(CCCn1c(Cn2c(=O)n(C3CC3)c3ccncc32)nc2ccccc21)O[Si](C)(C)C(C)(C)C. The fraction of sp³-hybridized carbons (Fsp3) is 0.552. The summed E-state index contributed by atoms with van der Waals surface area (Å²) in [6.45, 7) is 17.2. The molecule has 37 heavy (non-hydrogen) atoms. The van der Waals surface area contributed by atoms with Crippen LogP contribution in [0.25, 0.3) is 22.1 Å². The summed E-state index contributed by atoms with van der Waals surface area (Å²) in [5, 5.41) is 0.180. The molecular formula is C29H41N5O2Si. The number of para-hydroxylation sites is 2. The average molecular weight is 520 g/mol. The van der Waals surface area contributed by atoms with Crippen molar-refractivity contribution in [1.82, 2.24) is 23.7 Å². The number of benzene rings is 1. The van der Waals surface area contributed by atoms with Crippen LogP contribution >= 0.6 is 0 Å². The zero-order chi connectivity index (χ0) is 26.6. The van der Waals surface area contributed by atoms with Gasteiger partial charge in [0.05, 0.1) is 40.4 Å². The monoisotopic (exact) mass is 519 g/mol. The zero-order valence-electron chi connectivity index (χ0n) is 23.4. The lowest BCUT2D eigenvalue weighted by Crippen LogP contribution is -2.47. The van der Waals surface area contributed by atoms with E-state index in [-0.39, 0.29) is 16.3 Å². The van der Waals surface area contributed by atoms with E-state index in [9.17, 15) is 4.79 Å². The minimum absolute atomic E-state index is 0.0352. The Bertz CT molecular complexity index is 1480. The first-order valence-electron chi connectivity index (χ1n) is 13.6. The number of hydrogen-bond donors (Lipinski definition) is 0.